The van der Waals surface area contributed by atoms with Gasteiger partial charge in [-0.15, -0.1) is 0 Å². The molecule has 0 heterocycles. The van der Waals surface area contributed by atoms with E-state index in [9.17, 15) is 8.42 Å². The molecule has 0 aromatic heterocycles. The molecule has 0 amide bonds. The van der Waals surface area contributed by atoms with Gasteiger partial charge in [0.15, 0.2) is 0 Å². The third kappa shape index (κ3) is 3.75. The molecule has 1 aromatic rings. The highest BCUT2D eigenvalue weighted by molar-refractivity contribution is 7.89. The zero-order chi connectivity index (χ0) is 13.8. The molecule has 0 aliphatic carbocycles. The maximum absolute atomic E-state index is 11.9. The molecule has 0 saturated heterocycles. The lowest BCUT2D eigenvalue weighted by Crippen LogP contribution is -2.24. The Bertz CT molecular complexity index is 517. The first-order chi connectivity index (χ1) is 8.42. The highest BCUT2D eigenvalue weighted by Gasteiger charge is 2.19. The summed E-state index contributed by atoms with van der Waals surface area (Å²) in [4.78, 5) is -0.0360. The van der Waals surface area contributed by atoms with Crippen LogP contribution in [0.2, 0.25) is 10.0 Å². The molecule has 0 aliphatic rings. The smallest absolute Gasteiger partial charge is 0.242 e. The van der Waals surface area contributed by atoms with Gasteiger partial charge in [0.1, 0.15) is 10.6 Å². The number of benzene rings is 1. The zero-order valence-corrected chi connectivity index (χ0v) is 12.5. The monoisotopic (exact) mass is 311 g/mol. The number of ether oxygens (including phenoxy) is 1. The van der Waals surface area contributed by atoms with Crippen LogP contribution in [0.1, 0.15) is 20.3 Å². The molecule has 0 unspecified atom stereocenters. The van der Waals surface area contributed by atoms with Crippen LogP contribution < -0.4 is 9.46 Å². The van der Waals surface area contributed by atoms with Crippen molar-refractivity contribution in [3.63, 3.8) is 0 Å². The number of hydrogen-bond acceptors (Lipinski definition) is 3. The minimum absolute atomic E-state index is 0.0360. The fourth-order valence-electron chi connectivity index (χ4n) is 1.30. The first-order valence-electron chi connectivity index (χ1n) is 5.53. The van der Waals surface area contributed by atoms with Crippen molar-refractivity contribution in [2.24, 2.45) is 0 Å². The lowest BCUT2D eigenvalue weighted by atomic mass is 10.3. The Morgan fingerprint density at radius 2 is 1.89 bits per heavy atom. The average Bonchev–Trinajstić information content (AvgIpc) is 2.31. The van der Waals surface area contributed by atoms with Crippen molar-refractivity contribution in [2.45, 2.75) is 25.2 Å². The summed E-state index contributed by atoms with van der Waals surface area (Å²) in [6, 6.07) is 2.71. The maximum atomic E-state index is 11.9. The first-order valence-corrected chi connectivity index (χ1v) is 7.77. The molecule has 0 bridgehead atoms. The van der Waals surface area contributed by atoms with Gasteiger partial charge in [0.05, 0.1) is 16.7 Å². The SMILES string of the molecule is CCCNS(=O)(=O)c1cc(Cl)c(OCC)cc1Cl. The Hall–Kier alpha value is -0.490. The number of halogens is 2. The fraction of sp³-hybridized carbons (Fsp3) is 0.455. The topological polar surface area (TPSA) is 55.4 Å². The summed E-state index contributed by atoms with van der Waals surface area (Å²) in [5.41, 5.74) is 0. The molecule has 1 rings (SSSR count). The summed E-state index contributed by atoms with van der Waals surface area (Å²) in [5, 5.41) is 0.310. The Morgan fingerprint density at radius 1 is 1.22 bits per heavy atom. The van der Waals surface area contributed by atoms with Crippen molar-refractivity contribution in [2.75, 3.05) is 13.2 Å². The van der Waals surface area contributed by atoms with Crippen LogP contribution in [-0.2, 0) is 10.0 Å². The maximum Gasteiger partial charge on any atom is 0.242 e. The molecule has 0 saturated carbocycles. The molecule has 7 heteroatoms. The number of rotatable bonds is 6. The minimum atomic E-state index is -3.63. The van der Waals surface area contributed by atoms with E-state index in [0.717, 1.165) is 0 Å². The summed E-state index contributed by atoms with van der Waals surface area (Å²) in [7, 11) is -3.63. The van der Waals surface area contributed by atoms with Crippen LogP contribution in [0.3, 0.4) is 0 Å². The van der Waals surface area contributed by atoms with E-state index in [0.29, 0.717) is 25.3 Å². The molecule has 1 aromatic carbocycles. The average molecular weight is 312 g/mol. The van der Waals surface area contributed by atoms with Gasteiger partial charge in [-0.25, -0.2) is 13.1 Å². The summed E-state index contributed by atoms with van der Waals surface area (Å²) in [6.45, 7) is 4.45. The molecule has 0 spiro atoms. The van der Waals surface area contributed by atoms with E-state index in [-0.39, 0.29) is 14.9 Å². The Morgan fingerprint density at radius 3 is 2.44 bits per heavy atom. The second-order valence-electron chi connectivity index (χ2n) is 3.54. The second-order valence-corrected chi connectivity index (χ2v) is 6.09. The van der Waals surface area contributed by atoms with Crippen LogP contribution in [-0.4, -0.2) is 21.6 Å². The quantitative estimate of drug-likeness (QED) is 0.878. The molecule has 0 atom stereocenters. The molecule has 0 fully saturated rings. The number of hydrogen-bond donors (Lipinski definition) is 1. The van der Waals surface area contributed by atoms with Gasteiger partial charge < -0.3 is 4.74 Å². The molecular formula is C11H15Cl2NO3S. The van der Waals surface area contributed by atoms with Crippen LogP contribution >= 0.6 is 23.2 Å². The molecule has 18 heavy (non-hydrogen) atoms. The zero-order valence-electron chi connectivity index (χ0n) is 10.2. The van der Waals surface area contributed by atoms with Gasteiger partial charge >= 0.3 is 0 Å². The molecule has 4 nitrogen and oxygen atoms in total. The lowest BCUT2D eigenvalue weighted by molar-refractivity contribution is 0.340. The van der Waals surface area contributed by atoms with Crippen molar-refractivity contribution >= 4 is 33.2 Å². The van der Waals surface area contributed by atoms with Gasteiger partial charge in [-0.3, -0.25) is 0 Å². The van der Waals surface area contributed by atoms with E-state index in [4.69, 9.17) is 27.9 Å². The normalized spacial score (nSPS) is 11.6. The summed E-state index contributed by atoms with van der Waals surface area (Å²) in [5.74, 6) is 0.374. The van der Waals surface area contributed by atoms with E-state index in [1.54, 1.807) is 6.92 Å². The third-order valence-electron chi connectivity index (χ3n) is 2.12. The van der Waals surface area contributed by atoms with Gasteiger partial charge in [0.25, 0.3) is 0 Å². The second kappa shape index (κ2) is 6.61. The first kappa shape index (κ1) is 15.6. The van der Waals surface area contributed by atoms with Crippen molar-refractivity contribution in [1.82, 2.24) is 4.72 Å². The Labute approximate surface area is 117 Å². The Kier molecular flexibility index (Phi) is 5.72. The van der Waals surface area contributed by atoms with Crippen molar-refractivity contribution < 1.29 is 13.2 Å². The van der Waals surface area contributed by atoms with Crippen LogP contribution in [0.4, 0.5) is 0 Å². The van der Waals surface area contributed by atoms with E-state index < -0.39 is 10.0 Å². The van der Waals surface area contributed by atoms with Crippen LogP contribution in [0.15, 0.2) is 17.0 Å². The highest BCUT2D eigenvalue weighted by Crippen LogP contribution is 2.33. The number of sulfonamides is 1. The van der Waals surface area contributed by atoms with Crippen molar-refractivity contribution in [3.05, 3.63) is 22.2 Å². The van der Waals surface area contributed by atoms with Gasteiger partial charge in [-0.05, 0) is 19.4 Å². The fourth-order valence-corrected chi connectivity index (χ4v) is 3.25. The summed E-state index contributed by atoms with van der Waals surface area (Å²) >= 11 is 11.9. The molecule has 102 valence electrons. The van der Waals surface area contributed by atoms with Crippen molar-refractivity contribution in [3.8, 4) is 5.75 Å². The summed E-state index contributed by atoms with van der Waals surface area (Å²) in [6.07, 6.45) is 0.696. The van der Waals surface area contributed by atoms with Gasteiger partial charge in [0, 0.05) is 12.6 Å². The molecular weight excluding hydrogens is 297 g/mol. The van der Waals surface area contributed by atoms with Crippen LogP contribution in [0.5, 0.6) is 5.75 Å². The van der Waals surface area contributed by atoms with Crippen LogP contribution in [0, 0.1) is 0 Å². The lowest BCUT2D eigenvalue weighted by Gasteiger charge is -2.11. The third-order valence-corrected chi connectivity index (χ3v) is 4.34. The molecule has 0 aliphatic heterocycles. The highest BCUT2D eigenvalue weighted by atomic mass is 35.5. The van der Waals surface area contributed by atoms with Crippen molar-refractivity contribution in [1.29, 1.82) is 0 Å². The summed E-state index contributed by atoms with van der Waals surface area (Å²) < 4.78 is 31.5. The van der Waals surface area contributed by atoms with Gasteiger partial charge in [-0.2, -0.15) is 0 Å². The van der Waals surface area contributed by atoms with E-state index in [1.165, 1.54) is 12.1 Å². The predicted molar refractivity (Wildman–Crippen MR) is 73.1 cm³/mol. The van der Waals surface area contributed by atoms with E-state index >= 15 is 0 Å². The van der Waals surface area contributed by atoms with Crippen LogP contribution in [0.25, 0.3) is 0 Å². The number of nitrogens with one attached hydrogen (secondary N) is 1. The Balaban J connectivity index is 3.15. The standard InChI is InChI=1S/C11H15Cl2NO3S/c1-3-5-14-18(15,16)11-7-8(12)10(17-4-2)6-9(11)13/h6-7,14H,3-5H2,1-2H3. The van der Waals surface area contributed by atoms with E-state index in [2.05, 4.69) is 4.72 Å². The minimum Gasteiger partial charge on any atom is -0.492 e. The van der Waals surface area contributed by atoms with Gasteiger partial charge in [-0.1, -0.05) is 30.1 Å². The molecule has 1 N–H and O–H groups in total. The predicted octanol–water partition coefficient (Wildman–Crippen LogP) is 3.08. The molecule has 0 radical (unpaired) electrons. The van der Waals surface area contributed by atoms with E-state index in [1.807, 2.05) is 6.92 Å². The largest absolute Gasteiger partial charge is 0.492 e. The van der Waals surface area contributed by atoms with Gasteiger partial charge in [0.2, 0.25) is 10.0 Å².